The van der Waals surface area contributed by atoms with Gasteiger partial charge in [-0.25, -0.2) is 4.98 Å². The van der Waals surface area contributed by atoms with Crippen molar-refractivity contribution < 1.29 is 14.0 Å². The summed E-state index contributed by atoms with van der Waals surface area (Å²) >= 11 is 6.41. The molecule has 0 radical (unpaired) electrons. The molecule has 36 heavy (non-hydrogen) atoms. The maximum absolute atomic E-state index is 6.41. The summed E-state index contributed by atoms with van der Waals surface area (Å²) in [5.74, 6) is 1.72. The first-order chi connectivity index (χ1) is 17.6. The fraction of sp³-hybridized carbons (Fsp3) is 0.321. The zero-order valence-corrected chi connectivity index (χ0v) is 20.8. The van der Waals surface area contributed by atoms with Gasteiger partial charge in [0, 0.05) is 29.1 Å². The third-order valence-corrected chi connectivity index (χ3v) is 6.92. The van der Waals surface area contributed by atoms with Gasteiger partial charge in [-0.1, -0.05) is 47.1 Å². The molecule has 1 aliphatic heterocycles. The molecule has 0 bridgehead atoms. The second-order valence-corrected chi connectivity index (χ2v) is 9.77. The molecule has 2 aromatic carbocycles. The number of pyridine rings is 1. The van der Waals surface area contributed by atoms with Crippen LogP contribution in [0.3, 0.4) is 0 Å². The minimum atomic E-state index is 0.00347. The van der Waals surface area contributed by atoms with E-state index in [2.05, 4.69) is 26.8 Å². The van der Waals surface area contributed by atoms with Crippen LogP contribution in [-0.4, -0.2) is 39.0 Å². The van der Waals surface area contributed by atoms with Crippen LogP contribution in [0.4, 0.5) is 0 Å². The lowest BCUT2D eigenvalue weighted by molar-refractivity contribution is -0.0581. The van der Waals surface area contributed by atoms with Gasteiger partial charge >= 0.3 is 0 Å². The summed E-state index contributed by atoms with van der Waals surface area (Å²) in [6.45, 7) is 3.68. The van der Waals surface area contributed by atoms with Gasteiger partial charge in [0.25, 0.3) is 0 Å². The van der Waals surface area contributed by atoms with Crippen molar-refractivity contribution in [3.8, 4) is 0 Å². The largest absolute Gasteiger partial charge is 0.376 e. The second-order valence-electron chi connectivity index (χ2n) is 9.33. The van der Waals surface area contributed by atoms with Gasteiger partial charge in [-0.3, -0.25) is 4.98 Å². The molecule has 0 N–H and O–H groups in total. The Bertz CT molecular complexity index is 1500. The monoisotopic (exact) mass is 502 g/mol. The lowest BCUT2D eigenvalue weighted by Crippen LogP contribution is -2.31. The van der Waals surface area contributed by atoms with E-state index in [9.17, 15) is 0 Å². The smallest absolute Gasteiger partial charge is 0.133 e. The standard InChI is InChI=1S/C28H27ClN4O3/c1-18-11-21(32-36-18)13-27-31-26-15-30-25-8-7-20(29)12-24(25)28(26)33(27)22-9-10-35-23(14-22)17-34-16-19-5-3-2-4-6-19/h2-8,11-12,15,22-23H,9-10,13-14,16-17H2,1H3/t22-,23+/m0/s1. The van der Waals surface area contributed by atoms with Crippen LogP contribution in [0.2, 0.25) is 5.02 Å². The summed E-state index contributed by atoms with van der Waals surface area (Å²) in [5.41, 5.74) is 4.81. The summed E-state index contributed by atoms with van der Waals surface area (Å²) < 4.78 is 19.8. The average Bonchev–Trinajstić information content (AvgIpc) is 3.47. The van der Waals surface area contributed by atoms with E-state index in [0.717, 1.165) is 57.6 Å². The van der Waals surface area contributed by atoms with E-state index < -0.39 is 0 Å². The summed E-state index contributed by atoms with van der Waals surface area (Å²) in [6, 6.07) is 18.2. The SMILES string of the molecule is Cc1cc(Cc2nc3cnc4ccc(Cl)cc4c3n2[C@H]2CCO[C@@H](COCc3ccccc3)C2)no1. The molecule has 6 rings (SSSR count). The van der Waals surface area contributed by atoms with Crippen molar-refractivity contribution in [3.05, 3.63) is 88.7 Å². The van der Waals surface area contributed by atoms with Crippen molar-refractivity contribution in [2.24, 2.45) is 0 Å². The molecule has 4 heterocycles. The van der Waals surface area contributed by atoms with Crippen LogP contribution in [0.5, 0.6) is 0 Å². The number of fused-ring (bicyclic) bond motifs is 3. The van der Waals surface area contributed by atoms with E-state index in [4.69, 9.17) is 30.6 Å². The normalized spacial score (nSPS) is 18.3. The van der Waals surface area contributed by atoms with Gasteiger partial charge in [-0.2, -0.15) is 0 Å². The molecular weight excluding hydrogens is 476 g/mol. The van der Waals surface area contributed by atoms with Crippen molar-refractivity contribution in [2.45, 2.75) is 44.9 Å². The molecule has 0 saturated carbocycles. The van der Waals surface area contributed by atoms with Crippen LogP contribution in [-0.2, 0) is 22.5 Å². The highest BCUT2D eigenvalue weighted by Crippen LogP contribution is 2.35. The highest BCUT2D eigenvalue weighted by atomic mass is 35.5. The lowest BCUT2D eigenvalue weighted by atomic mass is 10.0. The minimum absolute atomic E-state index is 0.00347. The molecule has 0 unspecified atom stereocenters. The maximum atomic E-state index is 6.41. The van der Waals surface area contributed by atoms with Crippen LogP contribution in [0.1, 0.15) is 41.7 Å². The highest BCUT2D eigenvalue weighted by Gasteiger charge is 2.28. The Balaban J connectivity index is 1.34. The van der Waals surface area contributed by atoms with Crippen LogP contribution in [0.15, 0.2) is 65.3 Å². The van der Waals surface area contributed by atoms with Gasteiger partial charge in [0.1, 0.15) is 17.1 Å². The zero-order chi connectivity index (χ0) is 24.5. The fourth-order valence-electron chi connectivity index (χ4n) is 5.07. The van der Waals surface area contributed by atoms with E-state index in [1.165, 1.54) is 0 Å². The molecule has 7 nitrogen and oxygen atoms in total. The zero-order valence-electron chi connectivity index (χ0n) is 20.1. The molecule has 184 valence electrons. The van der Waals surface area contributed by atoms with Crippen molar-refractivity contribution in [3.63, 3.8) is 0 Å². The third-order valence-electron chi connectivity index (χ3n) is 6.69. The van der Waals surface area contributed by atoms with Gasteiger partial charge in [0.05, 0.1) is 48.7 Å². The van der Waals surface area contributed by atoms with Gasteiger partial charge < -0.3 is 18.6 Å². The Morgan fingerprint density at radius 3 is 2.83 bits per heavy atom. The Labute approximate surface area is 214 Å². The first kappa shape index (κ1) is 23.2. The van der Waals surface area contributed by atoms with E-state index in [0.29, 0.717) is 31.3 Å². The molecule has 0 amide bonds. The summed E-state index contributed by atoms with van der Waals surface area (Å²) in [7, 11) is 0. The second kappa shape index (κ2) is 10.0. The Morgan fingerprint density at radius 2 is 2.00 bits per heavy atom. The van der Waals surface area contributed by atoms with Crippen molar-refractivity contribution >= 4 is 33.5 Å². The minimum Gasteiger partial charge on any atom is -0.376 e. The number of halogens is 1. The number of ether oxygens (including phenoxy) is 2. The van der Waals surface area contributed by atoms with Crippen molar-refractivity contribution in [1.82, 2.24) is 19.7 Å². The molecule has 5 aromatic rings. The molecule has 0 spiro atoms. The van der Waals surface area contributed by atoms with E-state index in [1.54, 1.807) is 0 Å². The van der Waals surface area contributed by atoms with Crippen LogP contribution < -0.4 is 0 Å². The number of hydrogen-bond acceptors (Lipinski definition) is 6. The van der Waals surface area contributed by atoms with Gasteiger partial charge in [-0.15, -0.1) is 0 Å². The predicted octanol–water partition coefficient (Wildman–Crippen LogP) is 6.06. The summed E-state index contributed by atoms with van der Waals surface area (Å²) in [4.78, 5) is 9.63. The molecule has 0 aliphatic carbocycles. The van der Waals surface area contributed by atoms with Crippen LogP contribution in [0, 0.1) is 6.92 Å². The number of benzene rings is 2. The lowest BCUT2D eigenvalue weighted by Gasteiger charge is -2.32. The number of rotatable bonds is 7. The van der Waals surface area contributed by atoms with E-state index >= 15 is 0 Å². The molecule has 1 saturated heterocycles. The topological polar surface area (TPSA) is 75.2 Å². The molecule has 8 heteroatoms. The summed E-state index contributed by atoms with van der Waals surface area (Å²) in [6.07, 6.45) is 4.13. The van der Waals surface area contributed by atoms with Gasteiger partial charge in [0.2, 0.25) is 0 Å². The van der Waals surface area contributed by atoms with Crippen LogP contribution in [0.25, 0.3) is 21.9 Å². The fourth-order valence-corrected chi connectivity index (χ4v) is 5.24. The Morgan fingerprint density at radius 1 is 1.11 bits per heavy atom. The van der Waals surface area contributed by atoms with E-state index in [1.807, 2.05) is 55.6 Å². The van der Waals surface area contributed by atoms with Gasteiger partial charge in [0.15, 0.2) is 0 Å². The average molecular weight is 503 g/mol. The first-order valence-corrected chi connectivity index (χ1v) is 12.6. The number of nitrogens with zero attached hydrogens (tertiary/aromatic N) is 4. The van der Waals surface area contributed by atoms with Crippen molar-refractivity contribution in [2.75, 3.05) is 13.2 Å². The Kier molecular flexibility index (Phi) is 6.44. The first-order valence-electron chi connectivity index (χ1n) is 12.2. The van der Waals surface area contributed by atoms with Gasteiger partial charge in [-0.05, 0) is 43.5 Å². The quantitative estimate of drug-likeness (QED) is 0.269. The maximum Gasteiger partial charge on any atom is 0.133 e. The molecule has 2 atom stereocenters. The number of hydrogen-bond donors (Lipinski definition) is 0. The van der Waals surface area contributed by atoms with Crippen molar-refractivity contribution in [1.29, 1.82) is 0 Å². The summed E-state index contributed by atoms with van der Waals surface area (Å²) in [5, 5.41) is 5.90. The number of imidazole rings is 1. The van der Waals surface area contributed by atoms with Crippen LogP contribution >= 0.6 is 11.6 Å². The third kappa shape index (κ3) is 4.74. The molecule has 3 aromatic heterocycles. The molecule has 1 fully saturated rings. The number of aromatic nitrogens is 4. The van der Waals surface area contributed by atoms with E-state index in [-0.39, 0.29) is 12.1 Å². The molecule has 1 aliphatic rings. The highest BCUT2D eigenvalue weighted by molar-refractivity contribution is 6.31. The number of aryl methyl sites for hydroxylation is 1. The predicted molar refractivity (Wildman–Crippen MR) is 138 cm³/mol. The Hall–Kier alpha value is -3.26. The molecular formula is C28H27ClN4O3.